The van der Waals surface area contributed by atoms with Crippen LogP contribution in [-0.4, -0.2) is 25.9 Å². The first-order valence-corrected chi connectivity index (χ1v) is 10.6. The van der Waals surface area contributed by atoms with Gasteiger partial charge in [0.2, 0.25) is 5.91 Å². The number of rotatable bonds is 4. The molecule has 0 N–H and O–H groups in total. The molecule has 1 heterocycles. The van der Waals surface area contributed by atoms with Gasteiger partial charge in [-0.05, 0) is 36.5 Å². The van der Waals surface area contributed by atoms with Crippen LogP contribution in [0.2, 0.25) is 0 Å². The van der Waals surface area contributed by atoms with Crippen molar-refractivity contribution >= 4 is 17.4 Å². The Bertz CT molecular complexity index is 1080. The number of Topliss-reactive ketones (excluding diaryl/α,β-unsaturated/α-hetero) is 1. The molecule has 2 aliphatic rings. The Morgan fingerprint density at radius 2 is 1.74 bits per heavy atom. The molecule has 31 heavy (non-hydrogen) atoms. The summed E-state index contributed by atoms with van der Waals surface area (Å²) in [7, 11) is 3.20. The van der Waals surface area contributed by atoms with E-state index in [1.54, 1.807) is 19.1 Å². The number of anilines is 1. The molecular weight excluding hydrogens is 390 g/mol. The molecule has 0 aromatic heterocycles. The van der Waals surface area contributed by atoms with Crippen LogP contribution >= 0.6 is 0 Å². The van der Waals surface area contributed by atoms with Gasteiger partial charge in [-0.3, -0.25) is 14.5 Å². The second-order valence-electron chi connectivity index (χ2n) is 9.18. The molecule has 162 valence electrons. The highest BCUT2D eigenvalue weighted by atomic mass is 16.5. The third kappa shape index (κ3) is 3.73. The van der Waals surface area contributed by atoms with E-state index < -0.39 is 0 Å². The summed E-state index contributed by atoms with van der Waals surface area (Å²) in [6.07, 6.45) is 1.36. The smallest absolute Gasteiger partial charge is 0.232 e. The highest BCUT2D eigenvalue weighted by Crippen LogP contribution is 2.50. The first-order valence-electron chi connectivity index (χ1n) is 10.6. The molecular formula is C26H29NO4. The summed E-state index contributed by atoms with van der Waals surface area (Å²) in [6, 6.07) is 13.4. The van der Waals surface area contributed by atoms with Gasteiger partial charge >= 0.3 is 0 Å². The van der Waals surface area contributed by atoms with Crippen LogP contribution in [0.5, 0.6) is 11.5 Å². The number of aryl methyl sites for hydroxylation is 1. The summed E-state index contributed by atoms with van der Waals surface area (Å²) in [5, 5.41) is 0. The Balaban J connectivity index is 1.93. The van der Waals surface area contributed by atoms with Crippen molar-refractivity contribution in [2.75, 3.05) is 19.1 Å². The van der Waals surface area contributed by atoms with E-state index in [1.807, 2.05) is 49.4 Å². The lowest BCUT2D eigenvalue weighted by molar-refractivity contribution is -0.121. The minimum Gasteiger partial charge on any atom is -0.497 e. The van der Waals surface area contributed by atoms with Gasteiger partial charge in [0.15, 0.2) is 5.78 Å². The molecule has 1 aliphatic heterocycles. The lowest BCUT2D eigenvalue weighted by Gasteiger charge is -2.43. The Hall–Kier alpha value is -3.08. The van der Waals surface area contributed by atoms with Crippen molar-refractivity contribution in [3.63, 3.8) is 0 Å². The van der Waals surface area contributed by atoms with Gasteiger partial charge < -0.3 is 9.47 Å². The Morgan fingerprint density at radius 1 is 1.00 bits per heavy atom. The van der Waals surface area contributed by atoms with Gasteiger partial charge in [-0.1, -0.05) is 38.1 Å². The lowest BCUT2D eigenvalue weighted by Crippen LogP contribution is -2.44. The second-order valence-corrected chi connectivity index (χ2v) is 9.18. The van der Waals surface area contributed by atoms with Crippen LogP contribution in [0.3, 0.4) is 0 Å². The van der Waals surface area contributed by atoms with Crippen molar-refractivity contribution in [2.24, 2.45) is 5.41 Å². The van der Waals surface area contributed by atoms with Gasteiger partial charge in [-0.25, -0.2) is 0 Å². The van der Waals surface area contributed by atoms with Gasteiger partial charge in [0.25, 0.3) is 0 Å². The van der Waals surface area contributed by atoms with Crippen LogP contribution in [0.1, 0.15) is 50.2 Å². The summed E-state index contributed by atoms with van der Waals surface area (Å²) >= 11 is 0. The Morgan fingerprint density at radius 3 is 2.42 bits per heavy atom. The molecule has 0 radical (unpaired) electrons. The number of amides is 1. The fourth-order valence-corrected chi connectivity index (χ4v) is 4.88. The maximum atomic E-state index is 13.5. The minimum absolute atomic E-state index is 0.00132. The van der Waals surface area contributed by atoms with Crippen LogP contribution in [0.4, 0.5) is 5.69 Å². The number of ketones is 1. The van der Waals surface area contributed by atoms with Gasteiger partial charge in [-0.15, -0.1) is 0 Å². The number of hydrogen-bond donors (Lipinski definition) is 0. The zero-order valence-corrected chi connectivity index (χ0v) is 18.8. The Labute approximate surface area is 183 Å². The number of allylic oxidation sites excluding steroid dienone is 2. The van der Waals surface area contributed by atoms with Crippen LogP contribution in [0.15, 0.2) is 53.7 Å². The van der Waals surface area contributed by atoms with E-state index in [0.717, 1.165) is 28.1 Å². The fraction of sp³-hybridized carbons (Fsp3) is 0.385. The van der Waals surface area contributed by atoms with Crippen molar-refractivity contribution in [3.05, 3.63) is 64.9 Å². The van der Waals surface area contributed by atoms with Crippen molar-refractivity contribution in [1.29, 1.82) is 0 Å². The van der Waals surface area contributed by atoms with Gasteiger partial charge in [0.1, 0.15) is 11.5 Å². The number of ether oxygens (including phenoxy) is 2. The number of para-hydroxylation sites is 1. The van der Waals surface area contributed by atoms with E-state index in [-0.39, 0.29) is 29.4 Å². The maximum absolute atomic E-state index is 13.5. The highest BCUT2D eigenvalue weighted by molar-refractivity contribution is 6.08. The third-order valence-electron chi connectivity index (χ3n) is 6.32. The van der Waals surface area contributed by atoms with E-state index in [0.29, 0.717) is 24.3 Å². The number of carbonyl (C=O) groups is 2. The normalized spacial score (nSPS) is 20.5. The molecule has 1 unspecified atom stereocenters. The molecule has 0 saturated heterocycles. The zero-order chi connectivity index (χ0) is 22.3. The molecule has 0 saturated carbocycles. The number of benzene rings is 2. The summed E-state index contributed by atoms with van der Waals surface area (Å²) in [5.41, 5.74) is 4.08. The number of methoxy groups -OCH3 is 2. The van der Waals surface area contributed by atoms with Crippen LogP contribution < -0.4 is 14.4 Å². The molecule has 2 aromatic rings. The standard InChI is InChI=1S/C26H29NO4/c1-16-8-6-7-9-20(16)27-21-14-26(2,3)15-22(28)25(21)19(13-24(27)29)18-11-10-17(30-4)12-23(18)31-5/h6-12,19H,13-15H2,1-5H3. The molecule has 1 atom stereocenters. The predicted molar refractivity (Wildman–Crippen MR) is 121 cm³/mol. The molecule has 5 heteroatoms. The summed E-state index contributed by atoms with van der Waals surface area (Å²) in [6.45, 7) is 6.18. The third-order valence-corrected chi connectivity index (χ3v) is 6.32. The van der Waals surface area contributed by atoms with E-state index in [4.69, 9.17) is 9.47 Å². The van der Waals surface area contributed by atoms with Crippen molar-refractivity contribution in [1.82, 2.24) is 0 Å². The molecule has 0 bridgehead atoms. The summed E-state index contributed by atoms with van der Waals surface area (Å²) < 4.78 is 11.0. The van der Waals surface area contributed by atoms with E-state index >= 15 is 0 Å². The molecule has 4 rings (SSSR count). The van der Waals surface area contributed by atoms with Gasteiger partial charge in [0, 0.05) is 41.7 Å². The SMILES string of the molecule is COc1ccc(C2CC(=O)N(c3ccccc3C)C3=C2C(=O)CC(C)(C)C3)c(OC)c1. The summed E-state index contributed by atoms with van der Waals surface area (Å²) in [5.74, 6) is 1.09. The van der Waals surface area contributed by atoms with E-state index in [9.17, 15) is 9.59 Å². The highest BCUT2D eigenvalue weighted by Gasteiger charge is 2.45. The zero-order valence-electron chi connectivity index (χ0n) is 18.8. The average molecular weight is 420 g/mol. The molecule has 1 aliphatic carbocycles. The second kappa shape index (κ2) is 7.88. The number of nitrogens with zero attached hydrogens (tertiary/aromatic N) is 1. The Kier molecular flexibility index (Phi) is 5.38. The number of carbonyl (C=O) groups excluding carboxylic acids is 2. The molecule has 1 amide bonds. The predicted octanol–water partition coefficient (Wildman–Crippen LogP) is 5.18. The van der Waals surface area contributed by atoms with Gasteiger partial charge in [0.05, 0.1) is 19.9 Å². The largest absolute Gasteiger partial charge is 0.497 e. The van der Waals surface area contributed by atoms with Gasteiger partial charge in [-0.2, -0.15) is 0 Å². The van der Waals surface area contributed by atoms with E-state index in [1.165, 1.54) is 0 Å². The average Bonchev–Trinajstić information content (AvgIpc) is 2.72. The van der Waals surface area contributed by atoms with Crippen LogP contribution in [0.25, 0.3) is 0 Å². The monoisotopic (exact) mass is 419 g/mol. The first-order chi connectivity index (χ1) is 14.8. The maximum Gasteiger partial charge on any atom is 0.232 e. The molecule has 2 aromatic carbocycles. The quantitative estimate of drug-likeness (QED) is 0.686. The van der Waals surface area contributed by atoms with Crippen molar-refractivity contribution < 1.29 is 19.1 Å². The summed E-state index contributed by atoms with van der Waals surface area (Å²) in [4.78, 5) is 28.8. The fourth-order valence-electron chi connectivity index (χ4n) is 4.88. The topological polar surface area (TPSA) is 55.8 Å². The van der Waals surface area contributed by atoms with Crippen molar-refractivity contribution in [3.8, 4) is 11.5 Å². The van der Waals surface area contributed by atoms with E-state index in [2.05, 4.69) is 13.8 Å². The first kappa shape index (κ1) is 21.2. The minimum atomic E-state index is -0.327. The van der Waals surface area contributed by atoms with Crippen LogP contribution in [0, 0.1) is 12.3 Å². The molecule has 0 fully saturated rings. The van der Waals surface area contributed by atoms with Crippen LogP contribution in [-0.2, 0) is 9.59 Å². The van der Waals surface area contributed by atoms with Crippen molar-refractivity contribution in [2.45, 2.75) is 46.0 Å². The number of hydrogen-bond acceptors (Lipinski definition) is 4. The molecule has 0 spiro atoms. The molecule has 5 nitrogen and oxygen atoms in total. The lowest BCUT2D eigenvalue weighted by atomic mass is 9.69.